The zero-order chi connectivity index (χ0) is 13.2. The fourth-order valence-corrected chi connectivity index (χ4v) is 2.56. The number of hydrogen-bond acceptors (Lipinski definition) is 2. The van der Waals surface area contributed by atoms with Crippen molar-refractivity contribution in [3.8, 4) is 0 Å². The fraction of sp³-hybridized carbons (Fsp3) is 0.250. The van der Waals surface area contributed by atoms with E-state index in [1.807, 2.05) is 18.2 Å². The lowest BCUT2D eigenvalue weighted by atomic mass is 9.93. The third-order valence-corrected chi connectivity index (χ3v) is 3.69. The molecule has 1 aliphatic heterocycles. The topological polar surface area (TPSA) is 23.5 Å². The molecule has 2 aliphatic rings. The molecule has 3 rings (SSSR count). The Hall–Kier alpha value is -2.03. The third-order valence-electron chi connectivity index (χ3n) is 3.69. The molecular weight excluding hydrogens is 241 g/mol. The van der Waals surface area contributed by atoms with Crippen LogP contribution in [0.4, 0.5) is 10.1 Å². The van der Waals surface area contributed by atoms with Gasteiger partial charge in [0.2, 0.25) is 0 Å². The number of benzene rings is 1. The molecule has 0 radical (unpaired) electrons. The number of allylic oxidation sites excluding steroid dienone is 3. The summed E-state index contributed by atoms with van der Waals surface area (Å²) in [5.41, 5.74) is 2.27. The van der Waals surface area contributed by atoms with Crippen molar-refractivity contribution < 1.29 is 9.50 Å². The molecule has 1 fully saturated rings. The van der Waals surface area contributed by atoms with Gasteiger partial charge in [0.05, 0.1) is 6.04 Å². The first kappa shape index (κ1) is 12.0. The largest absolute Gasteiger partial charge is 0.508 e. The van der Waals surface area contributed by atoms with E-state index < -0.39 is 0 Å². The Balaban J connectivity index is 1.78. The van der Waals surface area contributed by atoms with E-state index in [0.717, 1.165) is 25.1 Å². The Morgan fingerprint density at radius 2 is 1.89 bits per heavy atom. The Labute approximate surface area is 112 Å². The van der Waals surface area contributed by atoms with E-state index in [4.69, 9.17) is 0 Å². The van der Waals surface area contributed by atoms with Crippen LogP contribution in [-0.4, -0.2) is 17.7 Å². The van der Waals surface area contributed by atoms with Crippen LogP contribution < -0.4 is 4.90 Å². The van der Waals surface area contributed by atoms with Crippen molar-refractivity contribution in [3.05, 3.63) is 65.7 Å². The molecule has 1 saturated heterocycles. The van der Waals surface area contributed by atoms with Crippen LogP contribution in [0, 0.1) is 5.82 Å². The lowest BCUT2D eigenvalue weighted by Gasteiger charge is -2.43. The zero-order valence-corrected chi connectivity index (χ0v) is 10.6. The smallest absolute Gasteiger partial charge is 0.123 e. The van der Waals surface area contributed by atoms with E-state index in [1.54, 1.807) is 12.2 Å². The summed E-state index contributed by atoms with van der Waals surface area (Å²) in [6.07, 6.45) is 9.49. The highest BCUT2D eigenvalue weighted by atomic mass is 19.1. The molecule has 0 amide bonds. The second-order valence-corrected chi connectivity index (χ2v) is 4.88. The Morgan fingerprint density at radius 3 is 2.58 bits per heavy atom. The van der Waals surface area contributed by atoms with Crippen molar-refractivity contribution >= 4 is 5.69 Å². The monoisotopic (exact) mass is 257 g/mol. The van der Waals surface area contributed by atoms with Crippen LogP contribution in [0.1, 0.15) is 12.8 Å². The van der Waals surface area contributed by atoms with Crippen LogP contribution in [-0.2, 0) is 0 Å². The van der Waals surface area contributed by atoms with Crippen molar-refractivity contribution in [3.63, 3.8) is 0 Å². The summed E-state index contributed by atoms with van der Waals surface area (Å²) in [6.45, 7) is 0.987. The molecule has 2 nitrogen and oxygen atoms in total. The molecule has 19 heavy (non-hydrogen) atoms. The summed E-state index contributed by atoms with van der Waals surface area (Å²) in [5.74, 6) is 0.113. The molecule has 0 saturated carbocycles. The Bertz CT molecular complexity index is 557. The van der Waals surface area contributed by atoms with Crippen molar-refractivity contribution in [2.75, 3.05) is 11.4 Å². The van der Waals surface area contributed by atoms with Gasteiger partial charge in [-0.3, -0.25) is 0 Å². The molecule has 3 heteroatoms. The van der Waals surface area contributed by atoms with Gasteiger partial charge in [-0.05, 0) is 54.8 Å². The van der Waals surface area contributed by atoms with E-state index in [0.29, 0.717) is 11.8 Å². The average Bonchev–Trinajstić information content (AvgIpc) is 2.56. The van der Waals surface area contributed by atoms with Crippen LogP contribution in [0.3, 0.4) is 0 Å². The number of halogens is 1. The second-order valence-electron chi connectivity index (χ2n) is 4.88. The quantitative estimate of drug-likeness (QED) is 0.872. The van der Waals surface area contributed by atoms with Crippen LogP contribution in [0.2, 0.25) is 0 Å². The predicted molar refractivity (Wildman–Crippen MR) is 74.7 cm³/mol. The SMILES string of the molecule is OC1=CCC=C(C2CCN2c2ccc(F)cc2)C=C1. The van der Waals surface area contributed by atoms with Crippen molar-refractivity contribution in [1.29, 1.82) is 0 Å². The van der Waals surface area contributed by atoms with Crippen molar-refractivity contribution in [2.45, 2.75) is 18.9 Å². The molecule has 0 spiro atoms. The van der Waals surface area contributed by atoms with Gasteiger partial charge in [0.25, 0.3) is 0 Å². The van der Waals surface area contributed by atoms with Crippen LogP contribution in [0.25, 0.3) is 0 Å². The number of aliphatic hydroxyl groups is 1. The van der Waals surface area contributed by atoms with Crippen LogP contribution in [0.15, 0.2) is 59.9 Å². The first-order valence-electron chi connectivity index (χ1n) is 6.53. The summed E-state index contributed by atoms with van der Waals surface area (Å²) in [4.78, 5) is 2.26. The van der Waals surface area contributed by atoms with Gasteiger partial charge in [0.1, 0.15) is 11.6 Å². The predicted octanol–water partition coefficient (Wildman–Crippen LogP) is 3.73. The van der Waals surface area contributed by atoms with Crippen LogP contribution >= 0.6 is 0 Å². The Morgan fingerprint density at radius 1 is 1.11 bits per heavy atom. The standard InChI is InChI=1S/C16H16FNO/c17-13-5-7-14(8-6-13)18-11-10-16(18)12-2-1-3-15(19)9-4-12/h2-9,16,19H,1,10-11H2. The maximum absolute atomic E-state index is 12.9. The summed E-state index contributed by atoms with van der Waals surface area (Å²) >= 11 is 0. The number of anilines is 1. The van der Waals surface area contributed by atoms with E-state index in [2.05, 4.69) is 11.0 Å². The van der Waals surface area contributed by atoms with Crippen LogP contribution in [0.5, 0.6) is 0 Å². The fourth-order valence-electron chi connectivity index (χ4n) is 2.56. The minimum Gasteiger partial charge on any atom is -0.508 e. The third kappa shape index (κ3) is 2.41. The molecule has 1 N–H and O–H groups in total. The number of hydrogen-bond donors (Lipinski definition) is 1. The van der Waals surface area contributed by atoms with E-state index >= 15 is 0 Å². The minimum absolute atomic E-state index is 0.205. The summed E-state index contributed by atoms with van der Waals surface area (Å²) in [5, 5.41) is 9.48. The number of rotatable bonds is 2. The molecule has 1 aromatic rings. The van der Waals surface area contributed by atoms with Gasteiger partial charge < -0.3 is 10.0 Å². The van der Waals surface area contributed by atoms with Gasteiger partial charge in [-0.1, -0.05) is 12.2 Å². The van der Waals surface area contributed by atoms with Crippen molar-refractivity contribution in [1.82, 2.24) is 0 Å². The molecular formula is C16H16FNO. The molecule has 1 unspecified atom stereocenters. The number of nitrogens with zero attached hydrogens (tertiary/aromatic N) is 1. The first-order chi connectivity index (χ1) is 9.24. The normalized spacial score (nSPS) is 22.4. The van der Waals surface area contributed by atoms with Gasteiger partial charge in [-0.2, -0.15) is 0 Å². The zero-order valence-electron chi connectivity index (χ0n) is 10.6. The average molecular weight is 257 g/mol. The van der Waals surface area contributed by atoms with Gasteiger partial charge in [0, 0.05) is 12.2 Å². The van der Waals surface area contributed by atoms with E-state index in [9.17, 15) is 9.50 Å². The van der Waals surface area contributed by atoms with Gasteiger partial charge >= 0.3 is 0 Å². The summed E-state index contributed by atoms with van der Waals surface area (Å²) in [6, 6.07) is 6.96. The van der Waals surface area contributed by atoms with Gasteiger partial charge in [-0.25, -0.2) is 4.39 Å². The highest BCUT2D eigenvalue weighted by molar-refractivity contribution is 5.54. The second kappa shape index (κ2) is 4.92. The molecule has 1 atom stereocenters. The summed E-state index contributed by atoms with van der Waals surface area (Å²) < 4.78 is 12.9. The molecule has 1 aliphatic carbocycles. The molecule has 98 valence electrons. The lowest BCUT2D eigenvalue weighted by Crippen LogP contribution is -2.48. The molecule has 0 aromatic heterocycles. The Kier molecular flexibility index (Phi) is 3.11. The molecule has 0 bridgehead atoms. The maximum Gasteiger partial charge on any atom is 0.123 e. The van der Waals surface area contributed by atoms with E-state index in [1.165, 1.54) is 17.7 Å². The lowest BCUT2D eigenvalue weighted by molar-refractivity contribution is 0.430. The van der Waals surface area contributed by atoms with Gasteiger partial charge in [-0.15, -0.1) is 0 Å². The summed E-state index contributed by atoms with van der Waals surface area (Å²) in [7, 11) is 0. The molecule has 1 heterocycles. The van der Waals surface area contributed by atoms with E-state index in [-0.39, 0.29) is 5.82 Å². The highest BCUT2D eigenvalue weighted by Crippen LogP contribution is 2.32. The maximum atomic E-state index is 12.9. The van der Waals surface area contributed by atoms with Gasteiger partial charge in [0.15, 0.2) is 0 Å². The highest BCUT2D eigenvalue weighted by Gasteiger charge is 2.30. The first-order valence-corrected chi connectivity index (χ1v) is 6.53. The number of aliphatic hydroxyl groups excluding tert-OH is 1. The minimum atomic E-state index is -0.205. The molecule has 1 aromatic carbocycles. The van der Waals surface area contributed by atoms with Crippen molar-refractivity contribution in [2.24, 2.45) is 0 Å².